The molecule has 0 aliphatic carbocycles. The molecule has 1 unspecified atom stereocenters. The van der Waals surface area contributed by atoms with Crippen molar-refractivity contribution in [1.29, 1.82) is 0 Å². The van der Waals surface area contributed by atoms with E-state index < -0.39 is 11.0 Å². The van der Waals surface area contributed by atoms with Gasteiger partial charge in [-0.25, -0.2) is 8.89 Å². The van der Waals surface area contributed by atoms with Crippen molar-refractivity contribution in [3.05, 3.63) is 35.6 Å². The topological polar surface area (TPSA) is 101 Å². The molecule has 0 saturated carbocycles. The monoisotopic (exact) mass is 431 g/mol. The van der Waals surface area contributed by atoms with Crippen LogP contribution >= 0.6 is 23.5 Å². The number of aryl methyl sites for hydroxylation is 1. The average molecular weight is 432 g/mol. The molecule has 3 N–H and O–H groups in total. The summed E-state index contributed by atoms with van der Waals surface area (Å²) in [7, 11) is 0.0593. The number of aromatic amines is 1. The van der Waals surface area contributed by atoms with Crippen LogP contribution < -0.4 is 14.3 Å². The second-order valence-electron chi connectivity index (χ2n) is 5.28. The molecular formula is C16H19Cl2N5O3S. The first-order chi connectivity index (χ1) is 13.0. The van der Waals surface area contributed by atoms with Gasteiger partial charge in [0.15, 0.2) is 11.0 Å². The van der Waals surface area contributed by atoms with E-state index >= 15 is 0 Å². The van der Waals surface area contributed by atoms with Gasteiger partial charge in [-0.2, -0.15) is 5.10 Å². The molecule has 11 heteroatoms. The van der Waals surface area contributed by atoms with E-state index in [1.807, 2.05) is 13.0 Å². The van der Waals surface area contributed by atoms with Crippen LogP contribution in [0.4, 0.5) is 5.69 Å². The number of benzene rings is 1. The number of hydrogen-bond donors (Lipinski definition) is 3. The molecule has 3 rings (SSSR count). The van der Waals surface area contributed by atoms with Gasteiger partial charge in [0.1, 0.15) is 17.6 Å². The molecule has 27 heavy (non-hydrogen) atoms. The first kappa shape index (κ1) is 21.1. The Morgan fingerprint density at radius 1 is 1.44 bits per heavy atom. The largest absolute Gasteiger partial charge is 0.363 e. The summed E-state index contributed by atoms with van der Waals surface area (Å²) >= 11 is 11.5. The maximum atomic E-state index is 12.6. The SMILES string of the molecule is CCCn1ncc(NS(=O)c2c[nH]c3cc(Cl)ccc23)c1OCl.CNC=O. The number of fused-ring (bicyclic) bond motifs is 1. The minimum absolute atomic E-state index is 0.338. The summed E-state index contributed by atoms with van der Waals surface area (Å²) < 4.78 is 22.0. The number of rotatable bonds is 7. The van der Waals surface area contributed by atoms with Crippen LogP contribution in [-0.2, 0) is 22.3 Å². The zero-order chi connectivity index (χ0) is 19.8. The standard InChI is InChI=1S/C14H14Cl2N4O2S.C2H5NO/c1-2-5-20-14(22-16)12(7-18-20)19-23(21)13-8-17-11-6-9(15)3-4-10(11)13;1-3-2-4/h3-4,6-8,17,19H,2,5H2,1H3;2H,1H3,(H,3,4). The summed E-state index contributed by atoms with van der Waals surface area (Å²) in [5, 5.41) is 7.86. The van der Waals surface area contributed by atoms with Crippen LogP contribution in [0.25, 0.3) is 10.9 Å². The van der Waals surface area contributed by atoms with Gasteiger partial charge in [-0.3, -0.25) is 9.52 Å². The lowest BCUT2D eigenvalue weighted by Crippen LogP contribution is -2.05. The van der Waals surface area contributed by atoms with E-state index in [9.17, 15) is 4.21 Å². The number of carbonyl (C=O) groups excluding carboxylic acids is 1. The van der Waals surface area contributed by atoms with Crippen LogP contribution in [0.1, 0.15) is 13.3 Å². The van der Waals surface area contributed by atoms with Crippen LogP contribution in [0.2, 0.25) is 5.02 Å². The van der Waals surface area contributed by atoms with Gasteiger partial charge in [0.25, 0.3) is 5.88 Å². The highest BCUT2D eigenvalue weighted by Crippen LogP contribution is 2.29. The van der Waals surface area contributed by atoms with E-state index in [2.05, 4.69) is 20.1 Å². The maximum absolute atomic E-state index is 12.6. The lowest BCUT2D eigenvalue weighted by Gasteiger charge is -2.06. The Bertz CT molecular complexity index is 928. The number of anilines is 1. The molecule has 0 spiro atoms. The van der Waals surface area contributed by atoms with Gasteiger partial charge >= 0.3 is 0 Å². The second kappa shape index (κ2) is 10.2. The predicted octanol–water partition coefficient (Wildman–Crippen LogP) is 3.46. The average Bonchev–Trinajstić information content (AvgIpc) is 3.25. The lowest BCUT2D eigenvalue weighted by molar-refractivity contribution is -0.109. The number of aromatic nitrogens is 3. The summed E-state index contributed by atoms with van der Waals surface area (Å²) in [6.07, 6.45) is 4.72. The summed E-state index contributed by atoms with van der Waals surface area (Å²) in [6, 6.07) is 5.36. The molecule has 8 nitrogen and oxygen atoms in total. The maximum Gasteiger partial charge on any atom is 0.259 e. The molecule has 1 atom stereocenters. The van der Waals surface area contributed by atoms with Crippen LogP contribution in [0, 0.1) is 0 Å². The Hall–Kier alpha value is -2.23. The van der Waals surface area contributed by atoms with Crippen molar-refractivity contribution in [2.45, 2.75) is 24.8 Å². The third kappa shape index (κ3) is 5.15. The van der Waals surface area contributed by atoms with E-state index in [1.54, 1.807) is 30.1 Å². The van der Waals surface area contributed by atoms with Crippen molar-refractivity contribution in [2.24, 2.45) is 0 Å². The number of carbonyl (C=O) groups is 1. The zero-order valence-electron chi connectivity index (χ0n) is 14.7. The summed E-state index contributed by atoms with van der Waals surface area (Å²) in [6.45, 7) is 2.67. The highest BCUT2D eigenvalue weighted by Gasteiger charge is 2.17. The quantitative estimate of drug-likeness (QED) is 0.498. The number of hydrogen-bond acceptors (Lipinski definition) is 4. The molecule has 3 aromatic rings. The van der Waals surface area contributed by atoms with Crippen molar-refractivity contribution in [2.75, 3.05) is 11.8 Å². The molecule has 0 radical (unpaired) electrons. The van der Waals surface area contributed by atoms with Crippen LogP contribution in [0.3, 0.4) is 0 Å². The number of amides is 1. The zero-order valence-corrected chi connectivity index (χ0v) is 17.0. The van der Waals surface area contributed by atoms with E-state index in [-0.39, 0.29) is 0 Å². The van der Waals surface area contributed by atoms with Crippen molar-refractivity contribution in [3.63, 3.8) is 0 Å². The van der Waals surface area contributed by atoms with Gasteiger partial charge in [-0.1, -0.05) is 24.6 Å². The highest BCUT2D eigenvalue weighted by molar-refractivity contribution is 7.86. The Morgan fingerprint density at radius 3 is 2.81 bits per heavy atom. The summed E-state index contributed by atoms with van der Waals surface area (Å²) in [4.78, 5) is 12.7. The Balaban J connectivity index is 0.000000596. The molecule has 0 aliphatic rings. The molecule has 0 bridgehead atoms. The van der Waals surface area contributed by atoms with E-state index in [0.29, 0.717) is 34.4 Å². The highest BCUT2D eigenvalue weighted by atomic mass is 35.5. The van der Waals surface area contributed by atoms with Crippen LogP contribution in [-0.4, -0.2) is 32.4 Å². The fourth-order valence-corrected chi connectivity index (χ4v) is 3.60. The fraction of sp³-hybridized carbons (Fsp3) is 0.250. The molecule has 0 fully saturated rings. The Kier molecular flexibility index (Phi) is 7.96. The van der Waals surface area contributed by atoms with Crippen molar-refractivity contribution in [3.8, 4) is 5.88 Å². The van der Waals surface area contributed by atoms with Gasteiger partial charge in [0.05, 0.1) is 11.1 Å². The molecule has 1 aromatic carbocycles. The van der Waals surface area contributed by atoms with Crippen molar-refractivity contribution < 1.29 is 13.3 Å². The van der Waals surface area contributed by atoms with Gasteiger partial charge in [-0.15, -0.1) is 0 Å². The predicted molar refractivity (Wildman–Crippen MR) is 107 cm³/mol. The minimum atomic E-state index is -1.50. The molecule has 2 aromatic heterocycles. The molecule has 0 saturated heterocycles. The van der Waals surface area contributed by atoms with Crippen LogP contribution in [0.15, 0.2) is 35.5 Å². The third-order valence-electron chi connectivity index (χ3n) is 3.43. The molecule has 1 amide bonds. The van der Waals surface area contributed by atoms with E-state index in [4.69, 9.17) is 32.6 Å². The Morgan fingerprint density at radius 2 is 2.19 bits per heavy atom. The normalized spacial score (nSPS) is 11.4. The van der Waals surface area contributed by atoms with Gasteiger partial charge < -0.3 is 14.6 Å². The van der Waals surface area contributed by atoms with E-state index in [1.165, 1.54) is 6.20 Å². The molecule has 2 heterocycles. The minimum Gasteiger partial charge on any atom is -0.363 e. The summed E-state index contributed by atoms with van der Waals surface area (Å²) in [5.41, 5.74) is 1.29. The molecule has 0 aliphatic heterocycles. The lowest BCUT2D eigenvalue weighted by atomic mass is 10.2. The first-order valence-electron chi connectivity index (χ1n) is 7.96. The van der Waals surface area contributed by atoms with Crippen LogP contribution in [0.5, 0.6) is 5.88 Å². The number of nitrogens with zero attached hydrogens (tertiary/aromatic N) is 2. The number of nitrogens with one attached hydrogen (secondary N) is 3. The Labute approximate surface area is 168 Å². The van der Waals surface area contributed by atoms with Gasteiger partial charge in [0, 0.05) is 35.7 Å². The fourth-order valence-electron chi connectivity index (χ4n) is 2.28. The number of halogens is 2. The molecule has 146 valence electrons. The second-order valence-corrected chi connectivity index (χ2v) is 7.06. The van der Waals surface area contributed by atoms with E-state index in [0.717, 1.165) is 17.3 Å². The molecular weight excluding hydrogens is 413 g/mol. The summed E-state index contributed by atoms with van der Waals surface area (Å²) in [5.74, 6) is 0.338. The van der Waals surface area contributed by atoms with Gasteiger partial charge in [0.2, 0.25) is 6.41 Å². The van der Waals surface area contributed by atoms with Crippen molar-refractivity contribution >= 4 is 57.5 Å². The number of H-pyrrole nitrogens is 1. The first-order valence-corrected chi connectivity index (χ1v) is 9.79. The third-order valence-corrected chi connectivity index (χ3v) is 4.95. The van der Waals surface area contributed by atoms with Gasteiger partial charge in [-0.05, 0) is 18.6 Å². The van der Waals surface area contributed by atoms with Crippen molar-refractivity contribution in [1.82, 2.24) is 20.1 Å². The smallest absolute Gasteiger partial charge is 0.259 e.